The van der Waals surface area contributed by atoms with Crippen molar-refractivity contribution in [1.29, 1.82) is 0 Å². The fourth-order valence-electron chi connectivity index (χ4n) is 1.68. The van der Waals surface area contributed by atoms with Crippen molar-refractivity contribution in [3.63, 3.8) is 0 Å². The van der Waals surface area contributed by atoms with Gasteiger partial charge in [0.15, 0.2) is 0 Å². The number of benzene rings is 1. The van der Waals surface area contributed by atoms with Gasteiger partial charge in [-0.25, -0.2) is 0 Å². The first-order valence-electron chi connectivity index (χ1n) is 5.41. The van der Waals surface area contributed by atoms with Crippen LogP contribution in [-0.2, 0) is 6.54 Å². The van der Waals surface area contributed by atoms with Crippen molar-refractivity contribution in [2.45, 2.75) is 20.4 Å². The molecule has 1 aromatic heterocycles. The highest BCUT2D eigenvalue weighted by atomic mass is 32.1. The van der Waals surface area contributed by atoms with Gasteiger partial charge in [-0.2, -0.15) is 0 Å². The van der Waals surface area contributed by atoms with Gasteiger partial charge in [0.1, 0.15) is 5.75 Å². The highest BCUT2D eigenvalue weighted by Gasteiger charge is 2.07. The normalized spacial score (nSPS) is 10.5. The summed E-state index contributed by atoms with van der Waals surface area (Å²) in [6.07, 6.45) is 0. The number of aromatic nitrogens is 1. The van der Waals surface area contributed by atoms with E-state index < -0.39 is 0 Å². The van der Waals surface area contributed by atoms with Crippen LogP contribution in [0.2, 0.25) is 0 Å². The second kappa shape index (κ2) is 4.75. The van der Waals surface area contributed by atoms with Crippen LogP contribution in [-0.4, -0.2) is 11.7 Å². The summed E-state index contributed by atoms with van der Waals surface area (Å²) in [5.74, 6) is 0.833. The Morgan fingerprint density at radius 3 is 2.35 bits per heavy atom. The van der Waals surface area contributed by atoms with Crippen LogP contribution >= 0.6 is 11.3 Å². The first-order valence-corrected chi connectivity index (χ1v) is 6.23. The van der Waals surface area contributed by atoms with Gasteiger partial charge in [0.2, 0.25) is 0 Å². The van der Waals surface area contributed by atoms with E-state index in [2.05, 4.69) is 0 Å². The first kappa shape index (κ1) is 11.9. The molecule has 0 unspecified atom stereocenters. The Balaban J connectivity index is 2.28. The molecule has 0 aliphatic carbocycles. The van der Waals surface area contributed by atoms with Crippen LogP contribution < -0.4 is 9.61 Å². The molecule has 0 aliphatic rings. The Labute approximate surface area is 104 Å². The van der Waals surface area contributed by atoms with Gasteiger partial charge in [0.25, 0.3) is 0 Å². The Kier molecular flexibility index (Phi) is 3.33. The Morgan fingerprint density at radius 1 is 1.24 bits per heavy atom. The topological polar surface area (TPSA) is 31.2 Å². The van der Waals surface area contributed by atoms with E-state index in [0.29, 0.717) is 6.54 Å². The molecular weight excluding hydrogens is 234 g/mol. The summed E-state index contributed by atoms with van der Waals surface area (Å²) in [5.41, 5.74) is 2.16. The van der Waals surface area contributed by atoms with Crippen LogP contribution in [0.5, 0.6) is 5.75 Å². The summed E-state index contributed by atoms with van der Waals surface area (Å²) in [4.78, 5) is 12.9. The van der Waals surface area contributed by atoms with Crippen molar-refractivity contribution in [3.8, 4) is 5.75 Å². The molecule has 0 aliphatic heterocycles. The second-order valence-corrected chi connectivity index (χ2v) is 5.11. The van der Waals surface area contributed by atoms with Gasteiger partial charge in [-0.1, -0.05) is 23.5 Å². The maximum Gasteiger partial charge on any atom is 0.307 e. The maximum atomic E-state index is 11.7. The SMILES string of the molecule is COc1ccc(Cn2c(C)c(C)sc2=O)cc1. The number of hydrogen-bond donors (Lipinski definition) is 0. The van der Waals surface area contributed by atoms with E-state index >= 15 is 0 Å². The molecule has 0 amide bonds. The molecule has 2 aromatic rings. The lowest BCUT2D eigenvalue weighted by atomic mass is 10.2. The molecule has 0 N–H and O–H groups in total. The van der Waals surface area contributed by atoms with Crippen LogP contribution in [0, 0.1) is 13.8 Å². The van der Waals surface area contributed by atoms with Crippen LogP contribution in [0.1, 0.15) is 16.1 Å². The predicted molar refractivity (Wildman–Crippen MR) is 70.1 cm³/mol. The van der Waals surface area contributed by atoms with Crippen molar-refractivity contribution in [2.75, 3.05) is 7.11 Å². The average molecular weight is 249 g/mol. The molecule has 2 rings (SSSR count). The summed E-state index contributed by atoms with van der Waals surface area (Å²) in [5, 5.41) is 0. The third kappa shape index (κ3) is 2.42. The number of rotatable bonds is 3. The molecule has 1 aromatic carbocycles. The molecule has 0 saturated carbocycles. The van der Waals surface area contributed by atoms with E-state index in [1.165, 1.54) is 11.3 Å². The highest BCUT2D eigenvalue weighted by molar-refractivity contribution is 7.09. The van der Waals surface area contributed by atoms with E-state index in [1.54, 1.807) is 7.11 Å². The van der Waals surface area contributed by atoms with Crippen molar-refractivity contribution in [1.82, 2.24) is 4.57 Å². The van der Waals surface area contributed by atoms with Gasteiger partial charge in [-0.3, -0.25) is 9.36 Å². The number of nitrogens with zero attached hydrogens (tertiary/aromatic N) is 1. The first-order chi connectivity index (χ1) is 8.11. The summed E-state index contributed by atoms with van der Waals surface area (Å²) >= 11 is 1.31. The molecule has 17 heavy (non-hydrogen) atoms. The van der Waals surface area contributed by atoms with E-state index in [4.69, 9.17) is 4.74 Å². The van der Waals surface area contributed by atoms with Crippen LogP contribution in [0.4, 0.5) is 0 Å². The number of hydrogen-bond acceptors (Lipinski definition) is 3. The minimum absolute atomic E-state index is 0.107. The van der Waals surface area contributed by atoms with Gasteiger partial charge >= 0.3 is 4.87 Å². The highest BCUT2D eigenvalue weighted by Crippen LogP contribution is 2.14. The molecule has 3 nitrogen and oxygen atoms in total. The molecule has 4 heteroatoms. The molecule has 0 saturated heterocycles. The number of thiazole rings is 1. The fourth-order valence-corrected chi connectivity index (χ4v) is 2.52. The molecule has 0 fully saturated rings. The quantitative estimate of drug-likeness (QED) is 0.837. The van der Waals surface area contributed by atoms with E-state index in [-0.39, 0.29) is 4.87 Å². The Hall–Kier alpha value is -1.55. The summed E-state index contributed by atoms with van der Waals surface area (Å²) in [6, 6.07) is 7.79. The van der Waals surface area contributed by atoms with Crippen molar-refractivity contribution < 1.29 is 4.74 Å². The Morgan fingerprint density at radius 2 is 1.88 bits per heavy atom. The number of methoxy groups -OCH3 is 1. The lowest BCUT2D eigenvalue weighted by Gasteiger charge is -2.06. The minimum Gasteiger partial charge on any atom is -0.497 e. The zero-order valence-electron chi connectivity index (χ0n) is 10.2. The van der Waals surface area contributed by atoms with Crippen LogP contribution in [0.15, 0.2) is 29.1 Å². The lowest BCUT2D eigenvalue weighted by molar-refractivity contribution is 0.414. The number of aryl methyl sites for hydroxylation is 1. The summed E-state index contributed by atoms with van der Waals surface area (Å²) in [7, 11) is 1.64. The molecular formula is C13H15NO2S. The minimum atomic E-state index is 0.107. The zero-order chi connectivity index (χ0) is 12.4. The Bertz CT molecular complexity index is 566. The third-order valence-corrected chi connectivity index (χ3v) is 3.87. The molecule has 0 radical (unpaired) electrons. The van der Waals surface area contributed by atoms with Crippen LogP contribution in [0.3, 0.4) is 0 Å². The van der Waals surface area contributed by atoms with Gasteiger partial charge in [0.05, 0.1) is 13.7 Å². The van der Waals surface area contributed by atoms with E-state index in [9.17, 15) is 4.79 Å². The van der Waals surface area contributed by atoms with Crippen LogP contribution in [0.25, 0.3) is 0 Å². The van der Waals surface area contributed by atoms with E-state index in [1.807, 2.05) is 42.7 Å². The lowest BCUT2D eigenvalue weighted by Crippen LogP contribution is -2.15. The van der Waals surface area contributed by atoms with Gasteiger partial charge in [-0.15, -0.1) is 0 Å². The smallest absolute Gasteiger partial charge is 0.307 e. The second-order valence-electron chi connectivity index (χ2n) is 3.94. The van der Waals surface area contributed by atoms with Crippen molar-refractivity contribution >= 4 is 11.3 Å². The molecule has 0 bridgehead atoms. The largest absolute Gasteiger partial charge is 0.497 e. The monoisotopic (exact) mass is 249 g/mol. The number of ether oxygens (including phenoxy) is 1. The standard InChI is InChI=1S/C13H15NO2S/c1-9-10(2)17-13(15)14(9)8-11-4-6-12(16-3)7-5-11/h4-7H,8H2,1-3H3. The predicted octanol–water partition coefficient (Wildman–Crippen LogP) is 2.58. The van der Waals surface area contributed by atoms with Gasteiger partial charge < -0.3 is 4.74 Å². The third-order valence-electron chi connectivity index (χ3n) is 2.87. The molecule has 90 valence electrons. The van der Waals surface area contributed by atoms with E-state index in [0.717, 1.165) is 21.9 Å². The fraction of sp³-hybridized carbons (Fsp3) is 0.308. The van der Waals surface area contributed by atoms with Gasteiger partial charge in [-0.05, 0) is 31.5 Å². The molecule has 1 heterocycles. The maximum absolute atomic E-state index is 11.7. The van der Waals surface area contributed by atoms with Crippen molar-refractivity contribution in [2.24, 2.45) is 0 Å². The average Bonchev–Trinajstić information content (AvgIpc) is 2.57. The summed E-state index contributed by atoms with van der Waals surface area (Å²) < 4.78 is 6.91. The molecule has 0 atom stereocenters. The van der Waals surface area contributed by atoms with Crippen molar-refractivity contribution in [3.05, 3.63) is 50.1 Å². The summed E-state index contributed by atoms with van der Waals surface area (Å²) in [6.45, 7) is 4.58. The molecule has 0 spiro atoms. The van der Waals surface area contributed by atoms with Gasteiger partial charge in [0, 0.05) is 10.6 Å². The zero-order valence-corrected chi connectivity index (χ0v) is 11.0.